The van der Waals surface area contributed by atoms with Crippen LogP contribution in [0, 0.1) is 0 Å². The van der Waals surface area contributed by atoms with Crippen molar-refractivity contribution in [3.8, 4) is 23.0 Å². The van der Waals surface area contributed by atoms with Crippen LogP contribution in [0.25, 0.3) is 0 Å². The van der Waals surface area contributed by atoms with E-state index in [1.807, 2.05) is 0 Å². The molecule has 2 aromatic carbocycles. The van der Waals surface area contributed by atoms with E-state index in [1.54, 1.807) is 43.5 Å². The van der Waals surface area contributed by atoms with Gasteiger partial charge in [-0.3, -0.25) is 4.79 Å². The highest BCUT2D eigenvalue weighted by Gasteiger charge is 2.30. The lowest BCUT2D eigenvalue weighted by molar-refractivity contribution is 0.0452. The van der Waals surface area contributed by atoms with Crippen LogP contribution in [-0.2, 0) is 14.2 Å². The average Bonchev–Trinajstić information content (AvgIpc) is 2.74. The molecule has 2 aromatic rings. The molecule has 0 aliphatic carbocycles. The van der Waals surface area contributed by atoms with E-state index in [2.05, 4.69) is 0 Å². The van der Waals surface area contributed by atoms with Crippen molar-refractivity contribution in [3.63, 3.8) is 0 Å². The van der Waals surface area contributed by atoms with Crippen LogP contribution in [0.5, 0.6) is 23.0 Å². The summed E-state index contributed by atoms with van der Waals surface area (Å²) in [6, 6.07) is 10.4. The van der Waals surface area contributed by atoms with Gasteiger partial charge in [-0.15, -0.1) is 0 Å². The first-order chi connectivity index (χ1) is 14.2. The Balaban J connectivity index is 1.90. The number of ketones is 1. The van der Waals surface area contributed by atoms with Gasteiger partial charge in [-0.1, -0.05) is 0 Å². The van der Waals surface area contributed by atoms with Crippen molar-refractivity contribution in [3.05, 3.63) is 47.5 Å². The average molecular weight is 404 g/mol. The molecule has 1 unspecified atom stereocenters. The van der Waals surface area contributed by atoms with Crippen LogP contribution in [0.3, 0.4) is 0 Å². The second kappa shape index (κ2) is 10.1. The van der Waals surface area contributed by atoms with Gasteiger partial charge in [0.15, 0.2) is 26.2 Å². The summed E-state index contributed by atoms with van der Waals surface area (Å²) in [6.07, 6.45) is -0.381. The van der Waals surface area contributed by atoms with Gasteiger partial charge in [0.05, 0.1) is 12.0 Å². The highest BCUT2D eigenvalue weighted by molar-refractivity contribution is 6.00. The molecule has 0 radical (unpaired) electrons. The van der Waals surface area contributed by atoms with Gasteiger partial charge in [-0.05, 0) is 30.3 Å². The third-order valence-electron chi connectivity index (χ3n) is 4.24. The van der Waals surface area contributed by atoms with Crippen molar-refractivity contribution in [1.29, 1.82) is 0 Å². The molecule has 29 heavy (non-hydrogen) atoms. The number of carbonyl (C=O) groups is 1. The maximum Gasteiger partial charge on any atom is 0.188 e. The normalized spacial score (nSPS) is 15.4. The molecule has 0 aromatic heterocycles. The van der Waals surface area contributed by atoms with Gasteiger partial charge in [0.1, 0.15) is 29.1 Å². The number of fused-ring (bicyclic) bond motifs is 1. The fourth-order valence-electron chi connectivity index (χ4n) is 2.94. The SMILES string of the molecule is COCOc1ccc2c(c1)OC(c1cc(OCOC)ccc1OCOC)CC2=O. The fraction of sp³-hybridized carbons (Fsp3) is 0.381. The molecule has 0 amide bonds. The van der Waals surface area contributed by atoms with Gasteiger partial charge in [-0.25, -0.2) is 0 Å². The molecule has 0 bridgehead atoms. The van der Waals surface area contributed by atoms with Gasteiger partial charge in [0, 0.05) is 33.0 Å². The summed E-state index contributed by atoms with van der Waals surface area (Å²) < 4.78 is 37.6. The zero-order valence-electron chi connectivity index (χ0n) is 16.6. The van der Waals surface area contributed by atoms with Crippen molar-refractivity contribution in [2.45, 2.75) is 12.5 Å². The number of ether oxygens (including phenoxy) is 7. The summed E-state index contributed by atoms with van der Waals surface area (Å²) in [6.45, 7) is 0.271. The molecular formula is C21H24O8. The van der Waals surface area contributed by atoms with Crippen molar-refractivity contribution in [1.82, 2.24) is 0 Å². The predicted octanol–water partition coefficient (Wildman–Crippen LogP) is 3.34. The maximum atomic E-state index is 12.7. The van der Waals surface area contributed by atoms with Gasteiger partial charge in [-0.2, -0.15) is 0 Å². The summed E-state index contributed by atoms with van der Waals surface area (Å²) in [7, 11) is 4.61. The highest BCUT2D eigenvalue weighted by Crippen LogP contribution is 2.41. The van der Waals surface area contributed by atoms with E-state index in [4.69, 9.17) is 33.2 Å². The van der Waals surface area contributed by atoms with Gasteiger partial charge < -0.3 is 33.2 Å². The van der Waals surface area contributed by atoms with E-state index in [1.165, 1.54) is 14.2 Å². The van der Waals surface area contributed by atoms with E-state index >= 15 is 0 Å². The second-order valence-corrected chi connectivity index (χ2v) is 6.24. The fourth-order valence-corrected chi connectivity index (χ4v) is 2.94. The quantitative estimate of drug-likeness (QED) is 0.558. The number of carbonyl (C=O) groups excluding carboxylic acids is 1. The van der Waals surface area contributed by atoms with Gasteiger partial charge >= 0.3 is 0 Å². The molecule has 8 heteroatoms. The van der Waals surface area contributed by atoms with Crippen LogP contribution in [-0.4, -0.2) is 47.5 Å². The molecule has 1 aliphatic rings. The summed E-state index contributed by atoms with van der Waals surface area (Å²) >= 11 is 0. The van der Waals surface area contributed by atoms with Crippen LogP contribution in [0.2, 0.25) is 0 Å². The van der Waals surface area contributed by atoms with E-state index < -0.39 is 6.10 Å². The second-order valence-electron chi connectivity index (χ2n) is 6.24. The summed E-state index contributed by atoms with van der Waals surface area (Å²) in [5, 5.41) is 0. The first-order valence-corrected chi connectivity index (χ1v) is 8.99. The molecule has 1 heterocycles. The van der Waals surface area contributed by atoms with Gasteiger partial charge in [0.2, 0.25) is 0 Å². The van der Waals surface area contributed by atoms with Gasteiger partial charge in [0.25, 0.3) is 0 Å². The van der Waals surface area contributed by atoms with E-state index in [-0.39, 0.29) is 32.6 Å². The van der Waals surface area contributed by atoms with Crippen molar-refractivity contribution in [2.75, 3.05) is 41.7 Å². The molecule has 1 atom stereocenters. The maximum absolute atomic E-state index is 12.7. The predicted molar refractivity (Wildman–Crippen MR) is 103 cm³/mol. The third-order valence-corrected chi connectivity index (χ3v) is 4.24. The molecule has 0 saturated heterocycles. The standard InChI is InChI=1S/C21H24O8/c1-23-11-26-14-5-7-19(28-13-25-3)17(8-14)21-10-18(22)16-6-4-15(27-12-24-2)9-20(16)29-21/h4-9,21H,10-13H2,1-3H3. The van der Waals surface area contributed by atoms with Crippen molar-refractivity contribution in [2.24, 2.45) is 0 Å². The number of rotatable bonds is 10. The lowest BCUT2D eigenvalue weighted by Gasteiger charge is -2.27. The molecule has 1 aliphatic heterocycles. The summed E-state index contributed by atoms with van der Waals surface area (Å²) in [5.41, 5.74) is 1.19. The molecule has 3 rings (SSSR count). The van der Waals surface area contributed by atoms with Crippen LogP contribution >= 0.6 is 0 Å². The molecule has 0 spiro atoms. The van der Waals surface area contributed by atoms with Crippen LogP contribution < -0.4 is 18.9 Å². The monoisotopic (exact) mass is 404 g/mol. The lowest BCUT2D eigenvalue weighted by atomic mass is 9.95. The number of benzene rings is 2. The molecule has 0 saturated carbocycles. The minimum Gasteiger partial charge on any atom is -0.484 e. The Morgan fingerprint density at radius 3 is 2.17 bits per heavy atom. The van der Waals surface area contributed by atoms with Crippen LogP contribution in [0.15, 0.2) is 36.4 Å². The molecule has 156 valence electrons. The first-order valence-electron chi connectivity index (χ1n) is 8.99. The minimum absolute atomic E-state index is 0.0320. The minimum atomic E-state index is -0.550. The largest absolute Gasteiger partial charge is 0.484 e. The van der Waals surface area contributed by atoms with Crippen molar-refractivity contribution < 1.29 is 38.0 Å². The number of hydrogen-bond acceptors (Lipinski definition) is 8. The van der Waals surface area contributed by atoms with Crippen LogP contribution in [0.4, 0.5) is 0 Å². The topological polar surface area (TPSA) is 81.7 Å². The Labute approximate surface area is 169 Å². The number of hydrogen-bond donors (Lipinski definition) is 0. The smallest absolute Gasteiger partial charge is 0.188 e. The third kappa shape index (κ3) is 5.17. The molecule has 0 fully saturated rings. The lowest BCUT2D eigenvalue weighted by Crippen LogP contribution is -2.21. The molecular weight excluding hydrogens is 380 g/mol. The first kappa shape index (κ1) is 20.9. The Morgan fingerprint density at radius 2 is 1.48 bits per heavy atom. The summed E-state index contributed by atoms with van der Waals surface area (Å²) in [5.74, 6) is 2.08. The number of Topliss-reactive ketones (excluding diaryl/α,β-unsaturated/α-hetero) is 1. The zero-order valence-corrected chi connectivity index (χ0v) is 16.6. The highest BCUT2D eigenvalue weighted by atomic mass is 16.7. The Hall–Kier alpha value is -2.81. The molecule has 8 nitrogen and oxygen atoms in total. The zero-order chi connectivity index (χ0) is 20.6. The molecule has 0 N–H and O–H groups in total. The summed E-state index contributed by atoms with van der Waals surface area (Å²) in [4.78, 5) is 12.7. The Bertz CT molecular complexity index is 835. The Morgan fingerprint density at radius 1 is 0.862 bits per heavy atom. The van der Waals surface area contributed by atoms with Crippen LogP contribution in [0.1, 0.15) is 28.4 Å². The number of methoxy groups -OCH3 is 3. The van der Waals surface area contributed by atoms with E-state index in [0.717, 1.165) is 0 Å². The van der Waals surface area contributed by atoms with E-state index in [9.17, 15) is 4.79 Å². The Kier molecular flexibility index (Phi) is 7.29. The van der Waals surface area contributed by atoms with Crippen molar-refractivity contribution >= 4 is 5.78 Å². The van der Waals surface area contributed by atoms with E-state index in [0.29, 0.717) is 34.1 Å².